The van der Waals surface area contributed by atoms with Gasteiger partial charge in [-0.1, -0.05) is 36.4 Å². The summed E-state index contributed by atoms with van der Waals surface area (Å²) in [6.07, 6.45) is 0. The number of methoxy groups -OCH3 is 2. The predicted molar refractivity (Wildman–Crippen MR) is 106 cm³/mol. The van der Waals surface area contributed by atoms with Crippen LogP contribution in [0.15, 0.2) is 48.5 Å². The zero-order chi connectivity index (χ0) is 19.1. The van der Waals surface area contributed by atoms with Gasteiger partial charge in [-0.05, 0) is 17.7 Å². The molecule has 6 heteroatoms. The monoisotopic (exact) mass is 369 g/mol. The van der Waals surface area contributed by atoms with E-state index >= 15 is 0 Å². The molecule has 0 aliphatic carbocycles. The van der Waals surface area contributed by atoms with Crippen molar-refractivity contribution in [3.63, 3.8) is 0 Å². The predicted octanol–water partition coefficient (Wildman–Crippen LogP) is 2.46. The van der Waals surface area contributed by atoms with Crippen LogP contribution in [-0.2, 0) is 11.3 Å². The van der Waals surface area contributed by atoms with Gasteiger partial charge in [0.15, 0.2) is 0 Å². The Morgan fingerprint density at radius 3 is 2.07 bits per heavy atom. The van der Waals surface area contributed by atoms with Gasteiger partial charge in [-0.3, -0.25) is 14.6 Å². The van der Waals surface area contributed by atoms with Gasteiger partial charge in [-0.25, -0.2) is 0 Å². The van der Waals surface area contributed by atoms with Crippen molar-refractivity contribution in [2.45, 2.75) is 6.54 Å². The molecule has 144 valence electrons. The average Bonchev–Trinajstić information content (AvgIpc) is 2.70. The molecule has 1 amide bonds. The lowest BCUT2D eigenvalue weighted by atomic mass is 10.2. The van der Waals surface area contributed by atoms with Gasteiger partial charge in [0, 0.05) is 32.7 Å². The van der Waals surface area contributed by atoms with Gasteiger partial charge in [0.05, 0.1) is 20.8 Å². The summed E-state index contributed by atoms with van der Waals surface area (Å²) in [5.41, 5.74) is 1.90. The number of benzene rings is 2. The molecule has 2 aromatic carbocycles. The number of hydrogen-bond acceptors (Lipinski definition) is 5. The van der Waals surface area contributed by atoms with Crippen LogP contribution in [-0.4, -0.2) is 62.7 Å². The van der Waals surface area contributed by atoms with E-state index in [9.17, 15) is 4.79 Å². The van der Waals surface area contributed by atoms with Crippen molar-refractivity contribution in [2.24, 2.45) is 0 Å². The van der Waals surface area contributed by atoms with Crippen LogP contribution in [0.4, 0.5) is 5.69 Å². The van der Waals surface area contributed by atoms with Crippen molar-refractivity contribution in [3.05, 3.63) is 54.1 Å². The molecule has 3 rings (SSSR count). The number of piperazine rings is 1. The summed E-state index contributed by atoms with van der Waals surface area (Å²) in [5, 5.41) is 2.94. The average molecular weight is 369 g/mol. The first-order chi connectivity index (χ1) is 13.2. The number of carbonyl (C=O) groups excluding carboxylic acids is 1. The second kappa shape index (κ2) is 9.39. The molecule has 0 aromatic heterocycles. The quantitative estimate of drug-likeness (QED) is 0.813. The fourth-order valence-electron chi connectivity index (χ4n) is 3.30. The van der Waals surface area contributed by atoms with Crippen molar-refractivity contribution in [1.29, 1.82) is 0 Å². The van der Waals surface area contributed by atoms with Crippen LogP contribution in [0.2, 0.25) is 0 Å². The number of ether oxygens (including phenoxy) is 2. The summed E-state index contributed by atoms with van der Waals surface area (Å²) < 4.78 is 10.7. The number of amides is 1. The topological polar surface area (TPSA) is 54.0 Å². The van der Waals surface area contributed by atoms with Crippen LogP contribution in [0.25, 0.3) is 0 Å². The number of hydrogen-bond donors (Lipinski definition) is 1. The molecule has 1 aliphatic heterocycles. The highest BCUT2D eigenvalue weighted by atomic mass is 16.5. The number of rotatable bonds is 7. The molecule has 1 N–H and O–H groups in total. The molecule has 2 aromatic rings. The summed E-state index contributed by atoms with van der Waals surface area (Å²) in [4.78, 5) is 17.1. The molecule has 0 spiro atoms. The lowest BCUT2D eigenvalue weighted by molar-refractivity contribution is -0.117. The lowest BCUT2D eigenvalue weighted by Crippen LogP contribution is -2.48. The van der Waals surface area contributed by atoms with Crippen molar-refractivity contribution in [1.82, 2.24) is 9.80 Å². The third kappa shape index (κ3) is 5.21. The number of nitrogens with zero attached hydrogens (tertiary/aromatic N) is 2. The summed E-state index contributed by atoms with van der Waals surface area (Å²) >= 11 is 0. The van der Waals surface area contributed by atoms with E-state index in [2.05, 4.69) is 39.4 Å². The second-order valence-corrected chi connectivity index (χ2v) is 6.62. The van der Waals surface area contributed by atoms with Crippen molar-refractivity contribution >= 4 is 11.6 Å². The summed E-state index contributed by atoms with van der Waals surface area (Å²) in [6, 6.07) is 15.9. The molecule has 1 saturated heterocycles. The van der Waals surface area contributed by atoms with Gasteiger partial charge in [-0.2, -0.15) is 0 Å². The SMILES string of the molecule is COc1cccc(OC)c1NC(=O)CN1CCN(Cc2ccccc2)CC1. The Labute approximate surface area is 160 Å². The molecule has 0 radical (unpaired) electrons. The number of anilines is 1. The molecule has 1 aliphatic rings. The fourth-order valence-corrected chi connectivity index (χ4v) is 3.30. The van der Waals surface area contributed by atoms with E-state index in [4.69, 9.17) is 9.47 Å². The zero-order valence-electron chi connectivity index (χ0n) is 16.0. The van der Waals surface area contributed by atoms with E-state index in [-0.39, 0.29) is 5.91 Å². The lowest BCUT2D eigenvalue weighted by Gasteiger charge is -2.34. The Bertz CT molecular complexity index is 721. The molecule has 1 fully saturated rings. The second-order valence-electron chi connectivity index (χ2n) is 6.62. The molecule has 0 atom stereocenters. The van der Waals surface area contributed by atoms with Gasteiger partial charge < -0.3 is 14.8 Å². The van der Waals surface area contributed by atoms with Gasteiger partial charge in [0.1, 0.15) is 17.2 Å². The van der Waals surface area contributed by atoms with Crippen molar-refractivity contribution in [3.8, 4) is 11.5 Å². The molecular formula is C21H27N3O3. The van der Waals surface area contributed by atoms with E-state index in [0.29, 0.717) is 23.7 Å². The Morgan fingerprint density at radius 1 is 0.889 bits per heavy atom. The highest BCUT2D eigenvalue weighted by molar-refractivity contribution is 5.95. The van der Waals surface area contributed by atoms with Crippen molar-refractivity contribution < 1.29 is 14.3 Å². The summed E-state index contributed by atoms with van der Waals surface area (Å²) in [5.74, 6) is 1.13. The smallest absolute Gasteiger partial charge is 0.238 e. The van der Waals surface area contributed by atoms with Crippen LogP contribution in [0.1, 0.15) is 5.56 Å². The van der Waals surface area contributed by atoms with Crippen LogP contribution >= 0.6 is 0 Å². The van der Waals surface area contributed by atoms with Gasteiger partial charge in [0.25, 0.3) is 0 Å². The highest BCUT2D eigenvalue weighted by Crippen LogP contribution is 2.34. The minimum Gasteiger partial charge on any atom is -0.494 e. The Hall–Kier alpha value is -2.57. The van der Waals surface area contributed by atoms with Crippen molar-refractivity contribution in [2.75, 3.05) is 52.3 Å². The Morgan fingerprint density at radius 2 is 1.48 bits per heavy atom. The number of nitrogens with one attached hydrogen (secondary N) is 1. The molecular weight excluding hydrogens is 342 g/mol. The Kier molecular flexibility index (Phi) is 6.68. The first-order valence-electron chi connectivity index (χ1n) is 9.19. The first-order valence-corrected chi connectivity index (χ1v) is 9.19. The third-order valence-electron chi connectivity index (χ3n) is 4.77. The van der Waals surface area contributed by atoms with Gasteiger partial charge in [0.2, 0.25) is 5.91 Å². The number of para-hydroxylation sites is 1. The standard InChI is InChI=1S/C21H27N3O3/c1-26-18-9-6-10-19(27-2)21(18)22-20(25)16-24-13-11-23(12-14-24)15-17-7-4-3-5-8-17/h3-10H,11-16H2,1-2H3,(H,22,25). The highest BCUT2D eigenvalue weighted by Gasteiger charge is 2.20. The van der Waals surface area contributed by atoms with E-state index in [1.54, 1.807) is 26.4 Å². The maximum absolute atomic E-state index is 12.5. The maximum Gasteiger partial charge on any atom is 0.238 e. The van der Waals surface area contributed by atoms with E-state index < -0.39 is 0 Å². The van der Waals surface area contributed by atoms with Gasteiger partial charge in [-0.15, -0.1) is 0 Å². The molecule has 1 heterocycles. The van der Waals surface area contributed by atoms with Gasteiger partial charge >= 0.3 is 0 Å². The maximum atomic E-state index is 12.5. The van der Waals surface area contributed by atoms with E-state index in [1.807, 2.05) is 12.1 Å². The van der Waals surface area contributed by atoms with E-state index in [1.165, 1.54) is 5.56 Å². The van der Waals surface area contributed by atoms with Crippen LogP contribution in [0, 0.1) is 0 Å². The molecule has 6 nitrogen and oxygen atoms in total. The van der Waals surface area contributed by atoms with Crippen LogP contribution in [0.5, 0.6) is 11.5 Å². The Balaban J connectivity index is 1.50. The zero-order valence-corrected chi connectivity index (χ0v) is 16.0. The normalized spacial score (nSPS) is 15.3. The summed E-state index contributed by atoms with van der Waals surface area (Å²) in [6.45, 7) is 4.99. The van der Waals surface area contributed by atoms with E-state index in [0.717, 1.165) is 32.7 Å². The summed E-state index contributed by atoms with van der Waals surface area (Å²) in [7, 11) is 3.16. The largest absolute Gasteiger partial charge is 0.494 e. The third-order valence-corrected chi connectivity index (χ3v) is 4.77. The van der Waals surface area contributed by atoms with Crippen LogP contribution < -0.4 is 14.8 Å². The minimum atomic E-state index is -0.0608. The fraction of sp³-hybridized carbons (Fsp3) is 0.381. The molecule has 0 saturated carbocycles. The molecule has 0 unspecified atom stereocenters. The molecule has 0 bridgehead atoms. The van der Waals surface area contributed by atoms with Crippen LogP contribution in [0.3, 0.4) is 0 Å². The molecule has 27 heavy (non-hydrogen) atoms. The number of carbonyl (C=O) groups is 1. The minimum absolute atomic E-state index is 0.0608. The first kappa shape index (κ1) is 19.2.